The van der Waals surface area contributed by atoms with Gasteiger partial charge in [0.1, 0.15) is 5.75 Å². The lowest BCUT2D eigenvalue weighted by Crippen LogP contribution is -2.42. The maximum Gasteiger partial charge on any atom is 0.191 e. The molecule has 0 heterocycles. The van der Waals surface area contributed by atoms with E-state index in [0.717, 1.165) is 23.4 Å². The fourth-order valence-corrected chi connectivity index (χ4v) is 2.69. The molecule has 0 radical (unpaired) electrons. The highest BCUT2D eigenvalue weighted by molar-refractivity contribution is 14.0. The summed E-state index contributed by atoms with van der Waals surface area (Å²) in [6, 6.07) is 17.8. The largest absolute Gasteiger partial charge is 0.496 e. The van der Waals surface area contributed by atoms with E-state index in [9.17, 15) is 5.11 Å². The van der Waals surface area contributed by atoms with E-state index in [1.54, 1.807) is 7.11 Å². The van der Waals surface area contributed by atoms with Gasteiger partial charge in [-0.25, -0.2) is 4.99 Å². The van der Waals surface area contributed by atoms with Gasteiger partial charge < -0.3 is 25.2 Å². The number of rotatable bonds is 10. The highest BCUT2D eigenvalue weighted by atomic mass is 127. The number of aliphatic hydroxyl groups excluding tert-OH is 1. The number of halogens is 1. The molecule has 0 aliphatic heterocycles. The number of ether oxygens (including phenoxy) is 2. The van der Waals surface area contributed by atoms with Crippen LogP contribution in [0.15, 0.2) is 59.6 Å². The molecule has 2 aromatic rings. The van der Waals surface area contributed by atoms with Crippen LogP contribution in [0.4, 0.5) is 0 Å². The van der Waals surface area contributed by atoms with Crippen molar-refractivity contribution in [2.45, 2.75) is 32.6 Å². The summed E-state index contributed by atoms with van der Waals surface area (Å²) in [4.78, 5) is 4.57. The van der Waals surface area contributed by atoms with E-state index in [4.69, 9.17) is 9.47 Å². The SMILES string of the molecule is CCNC(=NCc1ccccc1OC)NCC(O)COC(C)c1ccccc1.I. The molecule has 3 N–H and O–H groups in total. The Morgan fingerprint density at radius 3 is 2.45 bits per heavy atom. The summed E-state index contributed by atoms with van der Waals surface area (Å²) in [6.07, 6.45) is -0.704. The molecule has 2 atom stereocenters. The number of hydrogen-bond donors (Lipinski definition) is 3. The van der Waals surface area contributed by atoms with Gasteiger partial charge in [-0.2, -0.15) is 0 Å². The lowest BCUT2D eigenvalue weighted by Gasteiger charge is -2.18. The van der Waals surface area contributed by atoms with E-state index in [0.29, 0.717) is 19.0 Å². The third-order valence-corrected chi connectivity index (χ3v) is 4.26. The van der Waals surface area contributed by atoms with Crippen LogP contribution in [0.2, 0.25) is 0 Å². The van der Waals surface area contributed by atoms with Crippen molar-refractivity contribution in [3.05, 3.63) is 65.7 Å². The van der Waals surface area contributed by atoms with E-state index in [2.05, 4.69) is 15.6 Å². The molecular weight excluding hydrogens is 481 g/mol. The van der Waals surface area contributed by atoms with Crippen LogP contribution < -0.4 is 15.4 Å². The first-order valence-corrected chi connectivity index (χ1v) is 9.62. The molecule has 0 aliphatic carbocycles. The Morgan fingerprint density at radius 2 is 1.76 bits per heavy atom. The maximum absolute atomic E-state index is 10.2. The summed E-state index contributed by atoms with van der Waals surface area (Å²) >= 11 is 0. The molecular formula is C22H32IN3O3. The Kier molecular flexibility index (Phi) is 12.3. The smallest absolute Gasteiger partial charge is 0.191 e. The maximum atomic E-state index is 10.2. The standard InChI is InChI=1S/C22H31N3O3.HI/c1-4-23-22(24-14-19-12-8-9-13-21(19)27-3)25-15-20(26)16-28-17(2)18-10-6-5-7-11-18;/h5-13,17,20,26H,4,14-16H2,1-3H3,(H2,23,24,25);1H. The first-order chi connectivity index (χ1) is 13.6. The lowest BCUT2D eigenvalue weighted by molar-refractivity contribution is -0.000599. The Morgan fingerprint density at radius 1 is 1.07 bits per heavy atom. The second-order valence-corrected chi connectivity index (χ2v) is 6.43. The minimum Gasteiger partial charge on any atom is -0.496 e. The number of nitrogens with zero attached hydrogens (tertiary/aromatic N) is 1. The molecule has 2 aromatic carbocycles. The fourth-order valence-electron chi connectivity index (χ4n) is 2.69. The van der Waals surface area contributed by atoms with Crippen molar-refractivity contribution >= 4 is 29.9 Å². The van der Waals surface area contributed by atoms with Gasteiger partial charge in [-0.05, 0) is 25.5 Å². The molecule has 0 bridgehead atoms. The summed E-state index contributed by atoms with van der Waals surface area (Å²) in [5, 5.41) is 16.6. The van der Waals surface area contributed by atoms with Crippen molar-refractivity contribution in [3.63, 3.8) is 0 Å². The zero-order valence-corrected chi connectivity index (χ0v) is 19.6. The van der Waals surface area contributed by atoms with Crippen LogP contribution in [0.1, 0.15) is 31.1 Å². The average molecular weight is 513 g/mol. The Hall–Kier alpha value is -1.84. The molecule has 0 amide bonds. The summed E-state index contributed by atoms with van der Waals surface area (Å²) in [7, 11) is 1.65. The van der Waals surface area contributed by atoms with Gasteiger partial charge in [0.2, 0.25) is 0 Å². The zero-order valence-electron chi connectivity index (χ0n) is 17.3. The van der Waals surface area contributed by atoms with Crippen LogP contribution >= 0.6 is 24.0 Å². The molecule has 0 saturated heterocycles. The van der Waals surface area contributed by atoms with Gasteiger partial charge in [-0.1, -0.05) is 48.5 Å². The molecule has 0 aliphatic rings. The number of aliphatic hydroxyl groups is 1. The van der Waals surface area contributed by atoms with Gasteiger partial charge in [-0.15, -0.1) is 24.0 Å². The highest BCUT2D eigenvalue weighted by Gasteiger charge is 2.10. The van der Waals surface area contributed by atoms with Crippen molar-refractivity contribution in [1.29, 1.82) is 0 Å². The number of guanidine groups is 1. The van der Waals surface area contributed by atoms with Gasteiger partial charge in [0, 0.05) is 18.7 Å². The van der Waals surface area contributed by atoms with Crippen LogP contribution in [0.3, 0.4) is 0 Å². The number of aliphatic imine (C=N–C) groups is 1. The number of methoxy groups -OCH3 is 1. The highest BCUT2D eigenvalue weighted by Crippen LogP contribution is 2.18. The van der Waals surface area contributed by atoms with Gasteiger partial charge in [0.15, 0.2) is 5.96 Å². The molecule has 0 aromatic heterocycles. The van der Waals surface area contributed by atoms with Gasteiger partial charge >= 0.3 is 0 Å². The molecule has 0 saturated carbocycles. The number of nitrogens with one attached hydrogen (secondary N) is 2. The molecule has 160 valence electrons. The van der Waals surface area contributed by atoms with Crippen molar-refractivity contribution in [3.8, 4) is 5.75 Å². The minimum absolute atomic E-state index is 0. The second-order valence-electron chi connectivity index (χ2n) is 6.43. The first-order valence-electron chi connectivity index (χ1n) is 9.62. The van der Waals surface area contributed by atoms with Crippen molar-refractivity contribution in [2.24, 2.45) is 4.99 Å². The van der Waals surface area contributed by atoms with E-state index >= 15 is 0 Å². The number of hydrogen-bond acceptors (Lipinski definition) is 4. The van der Waals surface area contributed by atoms with Gasteiger partial charge in [0.25, 0.3) is 0 Å². The fraction of sp³-hybridized carbons (Fsp3) is 0.409. The molecule has 0 spiro atoms. The lowest BCUT2D eigenvalue weighted by atomic mass is 10.1. The summed E-state index contributed by atoms with van der Waals surface area (Å²) in [5.41, 5.74) is 2.09. The van der Waals surface area contributed by atoms with Crippen molar-refractivity contribution in [2.75, 3.05) is 26.8 Å². The number of benzene rings is 2. The summed E-state index contributed by atoms with van der Waals surface area (Å²) < 4.78 is 11.1. The topological polar surface area (TPSA) is 75.1 Å². The predicted molar refractivity (Wildman–Crippen MR) is 128 cm³/mol. The first kappa shape index (κ1) is 25.2. The summed E-state index contributed by atoms with van der Waals surface area (Å²) in [6.45, 7) is 5.79. The third kappa shape index (κ3) is 9.01. The van der Waals surface area contributed by atoms with E-state index in [1.807, 2.05) is 68.4 Å². The second kappa shape index (κ2) is 14.2. The van der Waals surface area contributed by atoms with E-state index in [-0.39, 0.29) is 36.7 Å². The summed E-state index contributed by atoms with van der Waals surface area (Å²) in [5.74, 6) is 1.45. The number of para-hydroxylation sites is 1. The Bertz CT molecular complexity index is 728. The predicted octanol–water partition coefficient (Wildman–Crippen LogP) is 3.51. The van der Waals surface area contributed by atoms with E-state index < -0.39 is 6.10 Å². The molecule has 2 unspecified atom stereocenters. The van der Waals surface area contributed by atoms with E-state index in [1.165, 1.54) is 0 Å². The zero-order chi connectivity index (χ0) is 20.2. The molecule has 0 fully saturated rings. The van der Waals surface area contributed by atoms with Gasteiger partial charge in [-0.3, -0.25) is 0 Å². The normalized spacial score (nSPS) is 13.2. The third-order valence-electron chi connectivity index (χ3n) is 4.26. The molecule has 2 rings (SSSR count). The van der Waals surface area contributed by atoms with Crippen molar-refractivity contribution in [1.82, 2.24) is 10.6 Å². The van der Waals surface area contributed by atoms with Crippen LogP contribution in [-0.2, 0) is 11.3 Å². The van der Waals surface area contributed by atoms with Crippen LogP contribution in [0, 0.1) is 0 Å². The van der Waals surface area contributed by atoms with Crippen molar-refractivity contribution < 1.29 is 14.6 Å². The average Bonchev–Trinajstić information content (AvgIpc) is 2.74. The Balaban J connectivity index is 0.00000420. The molecule has 7 heteroatoms. The molecule has 29 heavy (non-hydrogen) atoms. The quantitative estimate of drug-likeness (QED) is 0.258. The van der Waals surface area contributed by atoms with Gasteiger partial charge in [0.05, 0.1) is 32.5 Å². The monoisotopic (exact) mass is 513 g/mol. The molecule has 6 nitrogen and oxygen atoms in total. The van der Waals surface area contributed by atoms with Crippen LogP contribution in [0.25, 0.3) is 0 Å². The van der Waals surface area contributed by atoms with Crippen LogP contribution in [0.5, 0.6) is 5.75 Å². The van der Waals surface area contributed by atoms with Crippen LogP contribution in [-0.4, -0.2) is 44.0 Å². The Labute approximate surface area is 190 Å². The minimum atomic E-state index is -0.638.